The zero-order chi connectivity index (χ0) is 11.6. The lowest BCUT2D eigenvalue weighted by molar-refractivity contribution is 0.0264. The number of carbonyl (C=O) groups is 1. The van der Waals surface area contributed by atoms with Gasteiger partial charge < -0.3 is 19.6 Å². The summed E-state index contributed by atoms with van der Waals surface area (Å²) in [6.45, 7) is 2.74. The van der Waals surface area contributed by atoms with Crippen LogP contribution < -0.4 is 5.32 Å². The molecule has 1 aliphatic rings. The largest absolute Gasteiger partial charge is 0.469 e. The van der Waals surface area contributed by atoms with E-state index in [4.69, 9.17) is 9.15 Å². The van der Waals surface area contributed by atoms with Gasteiger partial charge in [-0.15, -0.1) is 0 Å². The highest BCUT2D eigenvalue weighted by atomic mass is 16.5. The number of ether oxygens (including phenoxy) is 1. The zero-order valence-electron chi connectivity index (χ0n) is 9.16. The number of nitrogens with one attached hydrogen (secondary N) is 1. The Kier molecular flexibility index (Phi) is 2.98. The monoisotopic (exact) mass is 225 g/mol. The van der Waals surface area contributed by atoms with Crippen molar-refractivity contribution in [1.82, 2.24) is 5.32 Å². The van der Waals surface area contributed by atoms with E-state index in [1.165, 1.54) is 6.26 Å². The van der Waals surface area contributed by atoms with Gasteiger partial charge in [-0.25, -0.2) is 0 Å². The second-order valence-corrected chi connectivity index (χ2v) is 4.10. The summed E-state index contributed by atoms with van der Waals surface area (Å²) in [6.07, 6.45) is 2.02. The van der Waals surface area contributed by atoms with E-state index in [0.717, 1.165) is 0 Å². The van der Waals surface area contributed by atoms with Gasteiger partial charge >= 0.3 is 0 Å². The molecule has 1 atom stereocenters. The Labute approximate surface area is 93.4 Å². The third-order valence-electron chi connectivity index (χ3n) is 2.76. The van der Waals surface area contributed by atoms with E-state index in [2.05, 4.69) is 5.32 Å². The third kappa shape index (κ3) is 2.25. The van der Waals surface area contributed by atoms with Crippen LogP contribution in [0.4, 0.5) is 0 Å². The molecular formula is C11H15NO4. The maximum absolute atomic E-state index is 11.7. The molecule has 0 saturated carbocycles. The lowest BCUT2D eigenvalue weighted by Crippen LogP contribution is -2.43. The van der Waals surface area contributed by atoms with Gasteiger partial charge in [-0.2, -0.15) is 0 Å². The molecule has 1 aromatic heterocycles. The van der Waals surface area contributed by atoms with Crippen LogP contribution in [-0.4, -0.2) is 36.4 Å². The molecule has 0 unspecified atom stereocenters. The Morgan fingerprint density at radius 2 is 2.50 bits per heavy atom. The molecule has 1 saturated heterocycles. The molecule has 1 aromatic rings. The molecule has 2 heterocycles. The van der Waals surface area contributed by atoms with Gasteiger partial charge in [0.25, 0.3) is 5.91 Å². The SMILES string of the molecule is Cc1occc1C(=O)NC[C@@]1(O)CCOC1. The van der Waals surface area contributed by atoms with E-state index in [9.17, 15) is 9.90 Å². The van der Waals surface area contributed by atoms with Crippen molar-refractivity contribution in [3.63, 3.8) is 0 Å². The summed E-state index contributed by atoms with van der Waals surface area (Å²) in [4.78, 5) is 11.7. The first-order valence-electron chi connectivity index (χ1n) is 5.23. The van der Waals surface area contributed by atoms with Crippen LogP contribution >= 0.6 is 0 Å². The van der Waals surface area contributed by atoms with E-state index < -0.39 is 5.60 Å². The average Bonchev–Trinajstić information content (AvgIpc) is 2.85. The highest BCUT2D eigenvalue weighted by Gasteiger charge is 2.32. The van der Waals surface area contributed by atoms with Crippen LogP contribution in [0.2, 0.25) is 0 Å². The number of aryl methyl sites for hydroxylation is 1. The van der Waals surface area contributed by atoms with Crippen molar-refractivity contribution in [2.45, 2.75) is 18.9 Å². The molecule has 5 heteroatoms. The Bertz CT molecular complexity index is 379. The molecule has 88 valence electrons. The first-order chi connectivity index (χ1) is 7.61. The second kappa shape index (κ2) is 4.27. The van der Waals surface area contributed by atoms with Crippen molar-refractivity contribution >= 4 is 5.91 Å². The van der Waals surface area contributed by atoms with E-state index in [1.54, 1.807) is 13.0 Å². The van der Waals surface area contributed by atoms with Gasteiger partial charge in [-0.05, 0) is 13.0 Å². The average molecular weight is 225 g/mol. The van der Waals surface area contributed by atoms with Crippen LogP contribution in [0.15, 0.2) is 16.7 Å². The van der Waals surface area contributed by atoms with Crippen LogP contribution in [0, 0.1) is 6.92 Å². The molecule has 0 aliphatic carbocycles. The molecule has 1 aliphatic heterocycles. The fraction of sp³-hybridized carbons (Fsp3) is 0.545. The zero-order valence-corrected chi connectivity index (χ0v) is 9.16. The maximum atomic E-state index is 11.7. The number of hydrogen-bond acceptors (Lipinski definition) is 4. The van der Waals surface area contributed by atoms with Crippen LogP contribution in [-0.2, 0) is 4.74 Å². The number of carbonyl (C=O) groups excluding carboxylic acids is 1. The molecule has 16 heavy (non-hydrogen) atoms. The number of rotatable bonds is 3. The molecule has 0 radical (unpaired) electrons. The minimum absolute atomic E-state index is 0.205. The second-order valence-electron chi connectivity index (χ2n) is 4.10. The fourth-order valence-corrected chi connectivity index (χ4v) is 1.70. The quantitative estimate of drug-likeness (QED) is 0.784. The van der Waals surface area contributed by atoms with E-state index >= 15 is 0 Å². The first-order valence-corrected chi connectivity index (χ1v) is 5.23. The van der Waals surface area contributed by atoms with E-state index in [1.807, 2.05) is 0 Å². The maximum Gasteiger partial charge on any atom is 0.254 e. The van der Waals surface area contributed by atoms with Crippen molar-refractivity contribution in [2.24, 2.45) is 0 Å². The molecule has 0 spiro atoms. The fourth-order valence-electron chi connectivity index (χ4n) is 1.70. The topological polar surface area (TPSA) is 71.7 Å². The molecule has 0 bridgehead atoms. The summed E-state index contributed by atoms with van der Waals surface area (Å²) in [5, 5.41) is 12.6. The van der Waals surface area contributed by atoms with Crippen LogP contribution in [0.25, 0.3) is 0 Å². The lowest BCUT2D eigenvalue weighted by Gasteiger charge is -2.20. The van der Waals surface area contributed by atoms with Gasteiger partial charge in [0.2, 0.25) is 0 Å². The summed E-state index contributed by atoms with van der Waals surface area (Å²) in [6, 6.07) is 1.61. The smallest absolute Gasteiger partial charge is 0.254 e. The number of furan rings is 1. The van der Waals surface area contributed by atoms with Crippen LogP contribution in [0.1, 0.15) is 22.5 Å². The van der Waals surface area contributed by atoms with Crippen molar-refractivity contribution < 1.29 is 19.1 Å². The van der Waals surface area contributed by atoms with Gasteiger partial charge in [-0.1, -0.05) is 0 Å². The molecular weight excluding hydrogens is 210 g/mol. The predicted octanol–water partition coefficient (Wildman–Crippen LogP) is 0.469. The molecule has 2 rings (SSSR count). The normalized spacial score (nSPS) is 24.6. The van der Waals surface area contributed by atoms with Crippen LogP contribution in [0.3, 0.4) is 0 Å². The van der Waals surface area contributed by atoms with Crippen molar-refractivity contribution in [3.8, 4) is 0 Å². The van der Waals surface area contributed by atoms with Gasteiger partial charge in [-0.3, -0.25) is 4.79 Å². The van der Waals surface area contributed by atoms with Crippen molar-refractivity contribution in [2.75, 3.05) is 19.8 Å². The Hall–Kier alpha value is -1.33. The van der Waals surface area contributed by atoms with E-state index in [0.29, 0.717) is 24.4 Å². The summed E-state index contributed by atoms with van der Waals surface area (Å²) >= 11 is 0. The van der Waals surface area contributed by atoms with E-state index in [-0.39, 0.29) is 19.1 Å². The Balaban J connectivity index is 1.91. The third-order valence-corrected chi connectivity index (χ3v) is 2.76. The highest BCUT2D eigenvalue weighted by Crippen LogP contribution is 2.17. The first kappa shape index (κ1) is 11.2. The van der Waals surface area contributed by atoms with Gasteiger partial charge in [0.05, 0.1) is 18.4 Å². The summed E-state index contributed by atoms with van der Waals surface area (Å²) in [5.41, 5.74) is -0.421. The summed E-state index contributed by atoms with van der Waals surface area (Å²) < 4.78 is 10.1. The van der Waals surface area contributed by atoms with Gasteiger partial charge in [0.15, 0.2) is 0 Å². The lowest BCUT2D eigenvalue weighted by atomic mass is 10.0. The van der Waals surface area contributed by atoms with Crippen LogP contribution in [0.5, 0.6) is 0 Å². The molecule has 1 amide bonds. The summed E-state index contributed by atoms with van der Waals surface area (Å²) in [5.74, 6) is 0.346. The van der Waals surface area contributed by atoms with Crippen molar-refractivity contribution in [3.05, 3.63) is 23.7 Å². The molecule has 0 aromatic carbocycles. The molecule has 1 fully saturated rings. The Morgan fingerprint density at radius 1 is 1.69 bits per heavy atom. The minimum Gasteiger partial charge on any atom is -0.469 e. The molecule has 5 nitrogen and oxygen atoms in total. The standard InChI is InChI=1S/C11H15NO4/c1-8-9(2-4-16-8)10(13)12-6-11(14)3-5-15-7-11/h2,4,14H,3,5-7H2,1H3,(H,12,13)/t11-/m0/s1. The number of aliphatic hydroxyl groups is 1. The number of hydrogen-bond donors (Lipinski definition) is 2. The van der Waals surface area contributed by atoms with Gasteiger partial charge in [0.1, 0.15) is 11.4 Å². The van der Waals surface area contributed by atoms with Crippen molar-refractivity contribution in [1.29, 1.82) is 0 Å². The number of amides is 1. The molecule has 2 N–H and O–H groups in total. The summed E-state index contributed by atoms with van der Waals surface area (Å²) in [7, 11) is 0. The predicted molar refractivity (Wildman–Crippen MR) is 56.2 cm³/mol. The van der Waals surface area contributed by atoms with Gasteiger partial charge in [0, 0.05) is 19.6 Å². The Morgan fingerprint density at radius 3 is 3.06 bits per heavy atom. The minimum atomic E-state index is -0.923. The highest BCUT2D eigenvalue weighted by molar-refractivity contribution is 5.95.